The van der Waals surface area contributed by atoms with E-state index in [1.807, 2.05) is 0 Å². The Balaban J connectivity index is 2.27. The van der Waals surface area contributed by atoms with E-state index in [2.05, 4.69) is 0 Å². The van der Waals surface area contributed by atoms with Gasteiger partial charge in [-0.05, 0) is 18.9 Å². The molecule has 0 spiro atoms. The second-order valence-corrected chi connectivity index (χ2v) is 5.06. The Labute approximate surface area is 118 Å². The average Bonchev–Trinajstić information content (AvgIpc) is 2.47. The van der Waals surface area contributed by atoms with Gasteiger partial charge in [0.05, 0.1) is 32.0 Å². The molecule has 106 valence electrons. The first kappa shape index (κ1) is 14.4. The summed E-state index contributed by atoms with van der Waals surface area (Å²) in [5, 5.41) is 10.9. The van der Waals surface area contributed by atoms with Crippen molar-refractivity contribution < 1.29 is 19.3 Å². The lowest BCUT2D eigenvalue weighted by molar-refractivity contribution is -0.01000. The predicted molar refractivity (Wildman–Crippen MR) is 73.1 cm³/mol. The van der Waals surface area contributed by atoms with Crippen molar-refractivity contribution in [1.29, 1.82) is 0 Å². The normalized spacial score (nSPS) is 20.9. The van der Waals surface area contributed by atoms with Gasteiger partial charge in [-0.15, -0.1) is 0 Å². The van der Waals surface area contributed by atoms with Crippen LogP contribution in [0.2, 0.25) is 5.02 Å². The maximum atomic E-state index is 10.4. The molecular weight excluding hydrogens is 268 g/mol. The van der Waals surface area contributed by atoms with E-state index < -0.39 is 6.10 Å². The van der Waals surface area contributed by atoms with Crippen LogP contribution in [0.25, 0.3) is 0 Å². The van der Waals surface area contributed by atoms with Crippen LogP contribution in [0.15, 0.2) is 12.1 Å². The Morgan fingerprint density at radius 3 is 2.58 bits per heavy atom. The summed E-state index contributed by atoms with van der Waals surface area (Å²) in [4.78, 5) is 0. The van der Waals surface area contributed by atoms with Crippen LogP contribution in [0.1, 0.15) is 24.5 Å². The molecule has 1 saturated heterocycles. The zero-order chi connectivity index (χ0) is 13.8. The highest BCUT2D eigenvalue weighted by Gasteiger charge is 2.26. The summed E-state index contributed by atoms with van der Waals surface area (Å²) in [6.45, 7) is 1.33. The molecule has 0 radical (unpaired) electrons. The molecular formula is C14H19ClO4. The number of rotatable bonds is 4. The first-order valence-electron chi connectivity index (χ1n) is 6.34. The van der Waals surface area contributed by atoms with Crippen molar-refractivity contribution in [3.8, 4) is 11.5 Å². The van der Waals surface area contributed by atoms with Gasteiger partial charge in [-0.2, -0.15) is 0 Å². The van der Waals surface area contributed by atoms with Gasteiger partial charge >= 0.3 is 0 Å². The maximum absolute atomic E-state index is 10.4. The molecule has 2 rings (SSSR count). The minimum atomic E-state index is -0.646. The third kappa shape index (κ3) is 3.14. The van der Waals surface area contributed by atoms with Crippen LogP contribution < -0.4 is 9.47 Å². The van der Waals surface area contributed by atoms with Crippen molar-refractivity contribution in [2.45, 2.75) is 18.9 Å². The summed E-state index contributed by atoms with van der Waals surface area (Å²) < 4.78 is 15.8. The molecule has 1 aliphatic heterocycles. The lowest BCUT2D eigenvalue weighted by Crippen LogP contribution is -2.23. The van der Waals surface area contributed by atoms with Crippen molar-refractivity contribution in [1.82, 2.24) is 0 Å². The summed E-state index contributed by atoms with van der Waals surface area (Å²) in [6, 6.07) is 3.41. The van der Waals surface area contributed by atoms with Gasteiger partial charge in [-0.1, -0.05) is 11.6 Å². The zero-order valence-electron chi connectivity index (χ0n) is 11.2. The second-order valence-electron chi connectivity index (χ2n) is 4.65. The summed E-state index contributed by atoms with van der Waals surface area (Å²) >= 11 is 6.21. The average molecular weight is 287 g/mol. The summed E-state index contributed by atoms with van der Waals surface area (Å²) in [5.41, 5.74) is 0.662. The van der Waals surface area contributed by atoms with E-state index in [1.54, 1.807) is 26.4 Å². The van der Waals surface area contributed by atoms with Gasteiger partial charge in [-0.25, -0.2) is 0 Å². The molecule has 1 heterocycles. The molecule has 0 bridgehead atoms. The van der Waals surface area contributed by atoms with E-state index in [9.17, 15) is 5.11 Å². The van der Waals surface area contributed by atoms with Crippen molar-refractivity contribution in [2.24, 2.45) is 5.92 Å². The van der Waals surface area contributed by atoms with Gasteiger partial charge in [0.2, 0.25) is 0 Å². The SMILES string of the molecule is COc1cc(Cl)c(C(O)C2CCCOC2)cc1OC. The third-order valence-corrected chi connectivity index (χ3v) is 3.79. The first-order valence-corrected chi connectivity index (χ1v) is 6.72. The van der Waals surface area contributed by atoms with Crippen LogP contribution in [0.4, 0.5) is 0 Å². The fourth-order valence-corrected chi connectivity index (χ4v) is 2.63. The van der Waals surface area contributed by atoms with E-state index >= 15 is 0 Å². The van der Waals surface area contributed by atoms with E-state index in [0.717, 1.165) is 19.4 Å². The van der Waals surface area contributed by atoms with Crippen LogP contribution in [-0.2, 0) is 4.74 Å². The predicted octanol–water partition coefficient (Wildman–Crippen LogP) is 2.82. The number of hydrogen-bond acceptors (Lipinski definition) is 4. The van der Waals surface area contributed by atoms with Crippen molar-refractivity contribution in [3.05, 3.63) is 22.7 Å². The quantitative estimate of drug-likeness (QED) is 0.925. The lowest BCUT2D eigenvalue weighted by Gasteiger charge is -2.27. The molecule has 1 aliphatic rings. The fourth-order valence-electron chi connectivity index (χ4n) is 2.37. The molecule has 2 unspecified atom stereocenters. The molecule has 1 aromatic carbocycles. The minimum Gasteiger partial charge on any atom is -0.493 e. The molecule has 0 amide bonds. The van der Waals surface area contributed by atoms with Gasteiger partial charge in [0.1, 0.15) is 0 Å². The van der Waals surface area contributed by atoms with Gasteiger partial charge in [0, 0.05) is 24.2 Å². The highest BCUT2D eigenvalue weighted by Crippen LogP contribution is 2.39. The Hall–Kier alpha value is -0.970. The lowest BCUT2D eigenvalue weighted by atomic mass is 9.91. The highest BCUT2D eigenvalue weighted by molar-refractivity contribution is 6.31. The fraction of sp³-hybridized carbons (Fsp3) is 0.571. The molecule has 0 aromatic heterocycles. The first-order chi connectivity index (χ1) is 9.17. The number of benzene rings is 1. The van der Waals surface area contributed by atoms with Crippen LogP contribution >= 0.6 is 11.6 Å². The summed E-state index contributed by atoms with van der Waals surface area (Å²) in [7, 11) is 3.12. The van der Waals surface area contributed by atoms with E-state index in [4.69, 9.17) is 25.8 Å². The smallest absolute Gasteiger partial charge is 0.162 e. The molecule has 19 heavy (non-hydrogen) atoms. The molecule has 0 aliphatic carbocycles. The Kier molecular flexibility index (Phi) is 4.91. The van der Waals surface area contributed by atoms with E-state index in [-0.39, 0.29) is 5.92 Å². The van der Waals surface area contributed by atoms with Gasteiger partial charge in [-0.3, -0.25) is 0 Å². The van der Waals surface area contributed by atoms with Gasteiger partial charge in [0.15, 0.2) is 11.5 Å². The van der Waals surface area contributed by atoms with Crippen molar-refractivity contribution in [2.75, 3.05) is 27.4 Å². The zero-order valence-corrected chi connectivity index (χ0v) is 11.9. The number of halogens is 1. The number of hydrogen-bond donors (Lipinski definition) is 1. The molecule has 2 atom stereocenters. The number of aliphatic hydroxyl groups excluding tert-OH is 1. The Morgan fingerprint density at radius 1 is 1.32 bits per heavy atom. The molecule has 0 saturated carbocycles. The number of ether oxygens (including phenoxy) is 3. The van der Waals surface area contributed by atoms with Crippen molar-refractivity contribution >= 4 is 11.6 Å². The van der Waals surface area contributed by atoms with Crippen LogP contribution in [0.5, 0.6) is 11.5 Å². The molecule has 4 nitrogen and oxygen atoms in total. The molecule has 1 aromatic rings. The van der Waals surface area contributed by atoms with Crippen LogP contribution in [0, 0.1) is 5.92 Å². The standard InChI is InChI=1S/C14H19ClO4/c1-17-12-6-10(11(15)7-13(12)18-2)14(16)9-4-3-5-19-8-9/h6-7,9,14,16H,3-5,8H2,1-2H3. The summed E-state index contributed by atoms with van der Waals surface area (Å²) in [6.07, 6.45) is 1.26. The van der Waals surface area contributed by atoms with Crippen LogP contribution in [0.3, 0.4) is 0 Å². The molecule has 1 N–H and O–H groups in total. The summed E-state index contributed by atoms with van der Waals surface area (Å²) in [5.74, 6) is 1.20. The number of methoxy groups -OCH3 is 2. The van der Waals surface area contributed by atoms with Gasteiger partial charge < -0.3 is 19.3 Å². The Morgan fingerprint density at radius 2 is 2.00 bits per heavy atom. The molecule has 1 fully saturated rings. The third-order valence-electron chi connectivity index (χ3n) is 3.46. The molecule has 5 heteroatoms. The minimum absolute atomic E-state index is 0.0735. The largest absolute Gasteiger partial charge is 0.493 e. The maximum Gasteiger partial charge on any atom is 0.162 e. The van der Waals surface area contributed by atoms with E-state index in [0.29, 0.717) is 28.7 Å². The van der Waals surface area contributed by atoms with Gasteiger partial charge in [0.25, 0.3) is 0 Å². The Bertz CT molecular complexity index is 430. The second kappa shape index (κ2) is 6.46. The number of aliphatic hydroxyl groups is 1. The topological polar surface area (TPSA) is 47.9 Å². The monoisotopic (exact) mass is 286 g/mol. The van der Waals surface area contributed by atoms with Crippen LogP contribution in [-0.4, -0.2) is 32.5 Å². The van der Waals surface area contributed by atoms with E-state index in [1.165, 1.54) is 0 Å². The highest BCUT2D eigenvalue weighted by atomic mass is 35.5. The van der Waals surface area contributed by atoms with Crippen molar-refractivity contribution in [3.63, 3.8) is 0 Å².